The number of benzene rings is 1. The van der Waals surface area contributed by atoms with Gasteiger partial charge in [0, 0.05) is 11.1 Å². The number of hydrogen-bond acceptors (Lipinski definition) is 3. The summed E-state index contributed by atoms with van der Waals surface area (Å²) in [6.07, 6.45) is -4.44. The number of hydrogen-bond donors (Lipinski definition) is 0. The van der Waals surface area contributed by atoms with Gasteiger partial charge in [-0.05, 0) is 12.1 Å². The number of Topliss-reactive ketones (excluding diaryl/α,β-unsaturated/α-hetero) is 1. The Bertz CT molecular complexity index is 483. The van der Waals surface area contributed by atoms with Crippen LogP contribution in [-0.4, -0.2) is 24.5 Å². The Hall–Kier alpha value is -1.37. The van der Waals surface area contributed by atoms with Gasteiger partial charge in [-0.2, -0.15) is 13.2 Å². The molecular formula is C11H8BrF3O3. The maximum Gasteiger partial charge on any atom is 0.419 e. The zero-order valence-electron chi connectivity index (χ0n) is 9.18. The lowest BCUT2D eigenvalue weighted by Gasteiger charge is -2.14. The summed E-state index contributed by atoms with van der Waals surface area (Å²) >= 11 is 2.89. The first-order valence-corrected chi connectivity index (χ1v) is 5.80. The third-order valence-corrected chi connectivity index (χ3v) is 2.74. The van der Waals surface area contributed by atoms with Gasteiger partial charge in [0.2, 0.25) is 0 Å². The van der Waals surface area contributed by atoms with E-state index in [2.05, 4.69) is 20.7 Å². The highest BCUT2D eigenvalue weighted by molar-refractivity contribution is 9.09. The van der Waals surface area contributed by atoms with Crippen molar-refractivity contribution in [1.82, 2.24) is 0 Å². The summed E-state index contributed by atoms with van der Waals surface area (Å²) < 4.78 is 42.6. The summed E-state index contributed by atoms with van der Waals surface area (Å²) in [5.41, 5.74) is -1.50. The second-order valence-corrected chi connectivity index (χ2v) is 3.87. The highest BCUT2D eigenvalue weighted by Crippen LogP contribution is 2.37. The van der Waals surface area contributed by atoms with Crippen molar-refractivity contribution >= 4 is 28.0 Å². The van der Waals surface area contributed by atoms with Crippen molar-refractivity contribution in [3.63, 3.8) is 0 Å². The van der Waals surface area contributed by atoms with E-state index in [-0.39, 0.29) is 22.7 Å². The van der Waals surface area contributed by atoms with Crippen LogP contribution in [0.3, 0.4) is 0 Å². The van der Waals surface area contributed by atoms with Gasteiger partial charge in [-0.15, -0.1) is 0 Å². The van der Waals surface area contributed by atoms with Crippen LogP contribution in [0.5, 0.6) is 5.75 Å². The smallest absolute Gasteiger partial charge is 0.419 e. The average Bonchev–Trinajstić information content (AvgIpc) is 2.34. The lowest BCUT2D eigenvalue weighted by Crippen LogP contribution is -2.12. The third kappa shape index (κ3) is 2.90. The number of ketones is 1. The molecule has 0 atom stereocenters. The molecule has 0 unspecified atom stereocenters. The van der Waals surface area contributed by atoms with Gasteiger partial charge in [-0.1, -0.05) is 15.9 Å². The van der Waals surface area contributed by atoms with Crippen molar-refractivity contribution in [2.45, 2.75) is 6.18 Å². The van der Waals surface area contributed by atoms with E-state index < -0.39 is 23.3 Å². The molecule has 0 radical (unpaired) electrons. The second kappa shape index (κ2) is 5.51. The number of halogens is 4. The van der Waals surface area contributed by atoms with Crippen LogP contribution >= 0.6 is 15.9 Å². The van der Waals surface area contributed by atoms with Crippen LogP contribution in [-0.2, 0) is 6.18 Å². The zero-order valence-corrected chi connectivity index (χ0v) is 10.8. The highest BCUT2D eigenvalue weighted by atomic mass is 79.9. The lowest BCUT2D eigenvalue weighted by molar-refractivity contribution is -0.138. The average molecular weight is 325 g/mol. The van der Waals surface area contributed by atoms with Crippen molar-refractivity contribution in [3.8, 4) is 5.75 Å². The number of methoxy groups -OCH3 is 1. The summed E-state index contributed by atoms with van der Waals surface area (Å²) in [7, 11) is 1.06. The Morgan fingerprint density at radius 2 is 2.06 bits per heavy atom. The number of rotatable bonds is 4. The van der Waals surface area contributed by atoms with Crippen LogP contribution < -0.4 is 4.74 Å². The van der Waals surface area contributed by atoms with Gasteiger partial charge in [0.25, 0.3) is 0 Å². The Balaban J connectivity index is 3.52. The van der Waals surface area contributed by atoms with Crippen molar-refractivity contribution < 1.29 is 27.5 Å². The fourth-order valence-electron chi connectivity index (χ4n) is 1.40. The number of aldehydes is 1. The van der Waals surface area contributed by atoms with Crippen LogP contribution in [0.1, 0.15) is 26.3 Å². The van der Waals surface area contributed by atoms with Crippen molar-refractivity contribution in [2.24, 2.45) is 0 Å². The molecule has 0 heterocycles. The molecule has 0 aromatic heterocycles. The van der Waals surface area contributed by atoms with Gasteiger partial charge in [-0.25, -0.2) is 0 Å². The molecule has 0 aliphatic rings. The molecule has 0 amide bonds. The fraction of sp³-hybridized carbons (Fsp3) is 0.273. The molecule has 1 aromatic rings. The summed E-state index contributed by atoms with van der Waals surface area (Å²) in [6, 6.07) is 1.54. The molecule has 0 saturated carbocycles. The molecule has 0 aliphatic heterocycles. The summed E-state index contributed by atoms with van der Waals surface area (Å²) in [5, 5.41) is -0.0949. The summed E-state index contributed by atoms with van der Waals surface area (Å²) in [6.45, 7) is 0. The summed E-state index contributed by atoms with van der Waals surface area (Å²) in [4.78, 5) is 22.2. The van der Waals surface area contributed by atoms with Crippen LogP contribution in [0.15, 0.2) is 12.1 Å². The van der Waals surface area contributed by atoms with Crippen molar-refractivity contribution in [3.05, 3.63) is 28.8 Å². The van der Waals surface area contributed by atoms with Crippen LogP contribution in [0.2, 0.25) is 0 Å². The fourth-order valence-corrected chi connectivity index (χ4v) is 1.70. The molecule has 0 saturated heterocycles. The number of alkyl halides is 4. The van der Waals surface area contributed by atoms with Gasteiger partial charge in [0.05, 0.1) is 18.0 Å². The largest absolute Gasteiger partial charge is 0.496 e. The normalized spacial score (nSPS) is 11.2. The van der Waals surface area contributed by atoms with E-state index in [9.17, 15) is 22.8 Å². The SMILES string of the molecule is COc1cc(C(=O)CBr)c(C=O)cc1C(F)(F)F. The first-order valence-electron chi connectivity index (χ1n) is 4.68. The first-order chi connectivity index (χ1) is 8.35. The predicted molar refractivity (Wildman–Crippen MR) is 61.5 cm³/mol. The van der Waals surface area contributed by atoms with Crippen molar-refractivity contribution in [1.29, 1.82) is 0 Å². The molecule has 98 valence electrons. The topological polar surface area (TPSA) is 43.4 Å². The monoisotopic (exact) mass is 324 g/mol. The minimum atomic E-state index is -4.65. The maximum absolute atomic E-state index is 12.7. The zero-order chi connectivity index (χ0) is 13.9. The molecule has 18 heavy (non-hydrogen) atoms. The van der Waals surface area contributed by atoms with Gasteiger partial charge in [-0.3, -0.25) is 9.59 Å². The Labute approximate surface area is 109 Å². The minimum Gasteiger partial charge on any atom is -0.496 e. The molecule has 0 bridgehead atoms. The number of carbonyl (C=O) groups is 2. The molecule has 0 spiro atoms. The van der Waals surface area contributed by atoms with Gasteiger partial charge in [0.15, 0.2) is 12.1 Å². The van der Waals surface area contributed by atoms with Gasteiger partial charge >= 0.3 is 6.18 Å². The molecule has 0 aliphatic carbocycles. The van der Waals surface area contributed by atoms with E-state index in [1.54, 1.807) is 0 Å². The standard InChI is InChI=1S/C11H8BrF3O3/c1-18-10-3-7(9(17)4-12)6(5-16)2-8(10)11(13,14)15/h2-3,5H,4H2,1H3. The van der Waals surface area contributed by atoms with Crippen LogP contribution in [0, 0.1) is 0 Å². The third-order valence-electron chi connectivity index (χ3n) is 2.23. The lowest BCUT2D eigenvalue weighted by atomic mass is 10.0. The van der Waals surface area contributed by atoms with E-state index in [0.717, 1.165) is 13.2 Å². The highest BCUT2D eigenvalue weighted by Gasteiger charge is 2.35. The molecule has 0 N–H and O–H groups in total. The molecule has 0 fully saturated rings. The molecule has 1 rings (SSSR count). The number of ether oxygens (including phenoxy) is 1. The van der Waals surface area contributed by atoms with Crippen LogP contribution in [0.4, 0.5) is 13.2 Å². The van der Waals surface area contributed by atoms with E-state index in [1.807, 2.05) is 0 Å². The van der Waals surface area contributed by atoms with Gasteiger partial charge < -0.3 is 4.74 Å². The minimum absolute atomic E-state index is 0.0949. The first kappa shape index (κ1) is 14.7. The van der Waals surface area contributed by atoms with E-state index in [1.165, 1.54) is 0 Å². The van der Waals surface area contributed by atoms with E-state index in [0.29, 0.717) is 6.07 Å². The van der Waals surface area contributed by atoms with Gasteiger partial charge in [0.1, 0.15) is 5.75 Å². The molecule has 1 aromatic carbocycles. The molecule has 3 nitrogen and oxygen atoms in total. The van der Waals surface area contributed by atoms with E-state index >= 15 is 0 Å². The Morgan fingerprint density at radius 1 is 1.44 bits per heavy atom. The van der Waals surface area contributed by atoms with Crippen molar-refractivity contribution in [2.75, 3.05) is 12.4 Å². The predicted octanol–water partition coefficient (Wildman–Crippen LogP) is 3.10. The molecule has 7 heteroatoms. The molecular weight excluding hydrogens is 317 g/mol. The quantitative estimate of drug-likeness (QED) is 0.485. The maximum atomic E-state index is 12.7. The summed E-state index contributed by atoms with van der Waals surface area (Å²) in [5.74, 6) is -0.985. The second-order valence-electron chi connectivity index (χ2n) is 3.31. The van der Waals surface area contributed by atoms with Crippen LogP contribution in [0.25, 0.3) is 0 Å². The Kier molecular flexibility index (Phi) is 4.50. The number of carbonyl (C=O) groups excluding carboxylic acids is 2. The van der Waals surface area contributed by atoms with E-state index in [4.69, 9.17) is 0 Å². The Morgan fingerprint density at radius 3 is 2.44 bits per heavy atom.